The highest BCUT2D eigenvalue weighted by Gasteiger charge is 2.30. The molecule has 19 heteroatoms. The van der Waals surface area contributed by atoms with Gasteiger partial charge in [0.15, 0.2) is 12.2 Å². The molecular weight excluding hydrogens is 1260 g/mol. The number of carbonyl (C=O) groups is 4. The molecule has 0 saturated heterocycles. The molecule has 0 aliphatic carbocycles. The van der Waals surface area contributed by atoms with Gasteiger partial charge in [-0.15, -0.1) is 0 Å². The summed E-state index contributed by atoms with van der Waals surface area (Å²) in [5.41, 5.74) is 0. The molecular formula is C77H150O17P2. The van der Waals surface area contributed by atoms with Crippen molar-refractivity contribution >= 4 is 39.5 Å². The van der Waals surface area contributed by atoms with E-state index in [1.165, 1.54) is 199 Å². The first-order chi connectivity index (χ1) is 46.3. The van der Waals surface area contributed by atoms with E-state index in [0.29, 0.717) is 25.7 Å². The van der Waals surface area contributed by atoms with Crippen molar-refractivity contribution in [2.24, 2.45) is 17.8 Å². The average molecular weight is 1410 g/mol. The minimum atomic E-state index is -4.96. The van der Waals surface area contributed by atoms with Crippen LogP contribution in [0.1, 0.15) is 395 Å². The number of carbonyl (C=O) groups excluding carboxylic acids is 4. The van der Waals surface area contributed by atoms with Crippen LogP contribution in [-0.4, -0.2) is 96.7 Å². The second-order valence-corrected chi connectivity index (χ2v) is 31.8. The Labute approximate surface area is 588 Å². The summed E-state index contributed by atoms with van der Waals surface area (Å²) in [6.45, 7) is 11.9. The third-order valence-corrected chi connectivity index (χ3v) is 20.1. The van der Waals surface area contributed by atoms with E-state index in [2.05, 4.69) is 48.5 Å². The molecule has 6 atom stereocenters. The standard InChI is InChI=1S/C77H150O17P2/c1-8-10-11-12-13-37-44-51-58-74(79)87-64-72(94-77(82)61-54-47-40-33-32-36-43-50-57-70(7)9-2)66-91-95(83,84)89-62-71(78)63-90-96(85,86)92-67-73(65-88-75(80)59-52-45-38-30-26-23-22-25-29-35-42-49-56-69(5)6)93-76(81)60-53-46-39-31-27-21-19-17-15-14-16-18-20-24-28-34-41-48-55-68(3)4/h68-73,78H,8-67H2,1-7H3,(H,83,84)(H,85,86)/t70?,71-,72+,73+/m0/s1. The fourth-order valence-corrected chi connectivity index (χ4v) is 13.3. The molecule has 3 unspecified atom stereocenters. The van der Waals surface area contributed by atoms with E-state index in [-0.39, 0.29) is 25.7 Å². The van der Waals surface area contributed by atoms with Gasteiger partial charge in [0, 0.05) is 25.7 Å². The number of phosphoric ester groups is 2. The predicted molar refractivity (Wildman–Crippen MR) is 391 cm³/mol. The van der Waals surface area contributed by atoms with E-state index in [1.54, 1.807) is 0 Å². The third kappa shape index (κ3) is 69.2. The number of unbranched alkanes of at least 4 members (excludes halogenated alkanes) is 42. The quantitative estimate of drug-likeness (QED) is 0.0222. The number of hydrogen-bond acceptors (Lipinski definition) is 15. The summed E-state index contributed by atoms with van der Waals surface area (Å²) in [5.74, 6) is 0.251. The molecule has 0 heterocycles. The molecule has 570 valence electrons. The minimum absolute atomic E-state index is 0.105. The van der Waals surface area contributed by atoms with Crippen molar-refractivity contribution in [3.8, 4) is 0 Å². The van der Waals surface area contributed by atoms with Gasteiger partial charge in [0.2, 0.25) is 0 Å². The number of aliphatic hydroxyl groups is 1. The molecule has 17 nitrogen and oxygen atoms in total. The lowest BCUT2D eigenvalue weighted by Gasteiger charge is -2.21. The van der Waals surface area contributed by atoms with Crippen molar-refractivity contribution in [3.63, 3.8) is 0 Å². The van der Waals surface area contributed by atoms with Gasteiger partial charge < -0.3 is 33.8 Å². The Balaban J connectivity index is 5.19. The van der Waals surface area contributed by atoms with Crippen molar-refractivity contribution in [3.05, 3.63) is 0 Å². The van der Waals surface area contributed by atoms with Crippen molar-refractivity contribution in [2.45, 2.75) is 414 Å². The number of ether oxygens (including phenoxy) is 4. The Kier molecular flexibility index (Phi) is 66.2. The lowest BCUT2D eigenvalue weighted by Crippen LogP contribution is -2.30. The molecule has 0 aromatic rings. The van der Waals surface area contributed by atoms with Crippen molar-refractivity contribution < 1.29 is 80.2 Å². The van der Waals surface area contributed by atoms with Gasteiger partial charge in [0.25, 0.3) is 0 Å². The Morgan fingerprint density at radius 3 is 0.792 bits per heavy atom. The molecule has 0 radical (unpaired) electrons. The summed E-state index contributed by atoms with van der Waals surface area (Å²) in [6.07, 6.45) is 54.2. The van der Waals surface area contributed by atoms with E-state index >= 15 is 0 Å². The fraction of sp³-hybridized carbons (Fsp3) is 0.948. The zero-order valence-electron chi connectivity index (χ0n) is 62.8. The Hall–Kier alpha value is -1.94. The zero-order chi connectivity index (χ0) is 70.9. The van der Waals surface area contributed by atoms with Crippen molar-refractivity contribution in [2.75, 3.05) is 39.6 Å². The molecule has 0 bridgehead atoms. The maximum absolute atomic E-state index is 13.1. The van der Waals surface area contributed by atoms with Crippen LogP contribution >= 0.6 is 15.6 Å². The van der Waals surface area contributed by atoms with Crippen molar-refractivity contribution in [1.29, 1.82) is 0 Å². The fourth-order valence-electron chi connectivity index (χ4n) is 11.7. The van der Waals surface area contributed by atoms with Crippen LogP contribution in [0, 0.1) is 17.8 Å². The van der Waals surface area contributed by atoms with E-state index in [4.69, 9.17) is 37.0 Å². The van der Waals surface area contributed by atoms with Gasteiger partial charge in [-0.3, -0.25) is 37.3 Å². The SMILES string of the molecule is CCCCCCCCCCC(=O)OC[C@H](COP(=O)(O)OC[C@H](O)COP(=O)(O)OC[C@@H](COC(=O)CCCCCCCCCCCCCCC(C)C)OC(=O)CCCCCCCCCCCCCCCCCCCCC(C)C)OC(=O)CCCCCCCCCCC(C)CC. The van der Waals surface area contributed by atoms with Crippen LogP contribution in [0.25, 0.3) is 0 Å². The smallest absolute Gasteiger partial charge is 0.462 e. The third-order valence-electron chi connectivity index (χ3n) is 18.2. The van der Waals surface area contributed by atoms with Gasteiger partial charge in [-0.1, -0.05) is 344 Å². The maximum Gasteiger partial charge on any atom is 0.472 e. The summed E-state index contributed by atoms with van der Waals surface area (Å²) in [7, 11) is -9.91. The van der Waals surface area contributed by atoms with Crippen LogP contribution < -0.4 is 0 Å². The summed E-state index contributed by atoms with van der Waals surface area (Å²) in [6, 6.07) is 0. The lowest BCUT2D eigenvalue weighted by atomic mass is 9.99. The van der Waals surface area contributed by atoms with E-state index in [0.717, 1.165) is 114 Å². The Morgan fingerprint density at radius 2 is 0.531 bits per heavy atom. The molecule has 0 aromatic heterocycles. The van der Waals surface area contributed by atoms with Gasteiger partial charge >= 0.3 is 39.5 Å². The first kappa shape index (κ1) is 94.1. The Morgan fingerprint density at radius 1 is 0.302 bits per heavy atom. The highest BCUT2D eigenvalue weighted by atomic mass is 31.2. The van der Waals surface area contributed by atoms with Gasteiger partial charge in [-0.05, 0) is 43.4 Å². The topological polar surface area (TPSA) is 237 Å². The normalized spacial score (nSPS) is 14.3. The van der Waals surface area contributed by atoms with Crippen molar-refractivity contribution in [1.82, 2.24) is 0 Å². The number of esters is 4. The maximum atomic E-state index is 13.1. The second-order valence-electron chi connectivity index (χ2n) is 28.9. The Bertz CT molecular complexity index is 1870. The largest absolute Gasteiger partial charge is 0.472 e. The van der Waals surface area contributed by atoms with Gasteiger partial charge in [-0.2, -0.15) is 0 Å². The van der Waals surface area contributed by atoms with Crippen LogP contribution in [-0.2, 0) is 65.4 Å². The summed E-state index contributed by atoms with van der Waals surface area (Å²) < 4.78 is 68.5. The molecule has 0 spiro atoms. The molecule has 0 rings (SSSR count). The molecule has 0 saturated carbocycles. The van der Waals surface area contributed by atoms with Crippen LogP contribution in [0.3, 0.4) is 0 Å². The number of hydrogen-bond donors (Lipinski definition) is 3. The van der Waals surface area contributed by atoms with E-state index in [1.807, 2.05) is 0 Å². The van der Waals surface area contributed by atoms with E-state index < -0.39 is 97.5 Å². The van der Waals surface area contributed by atoms with Gasteiger partial charge in [0.05, 0.1) is 26.4 Å². The minimum Gasteiger partial charge on any atom is -0.462 e. The highest BCUT2D eigenvalue weighted by Crippen LogP contribution is 2.45. The second kappa shape index (κ2) is 67.5. The monoisotopic (exact) mass is 1410 g/mol. The predicted octanol–water partition coefficient (Wildman–Crippen LogP) is 22.6. The molecule has 0 aliphatic heterocycles. The van der Waals surface area contributed by atoms with Gasteiger partial charge in [-0.25, -0.2) is 9.13 Å². The lowest BCUT2D eigenvalue weighted by molar-refractivity contribution is -0.161. The highest BCUT2D eigenvalue weighted by molar-refractivity contribution is 7.47. The number of rotatable bonds is 75. The first-order valence-corrected chi connectivity index (χ1v) is 42.9. The van der Waals surface area contributed by atoms with Gasteiger partial charge in [0.1, 0.15) is 19.3 Å². The summed E-state index contributed by atoms with van der Waals surface area (Å²) in [5, 5.41) is 10.6. The number of aliphatic hydroxyl groups excluding tert-OH is 1. The molecule has 0 fully saturated rings. The van der Waals surface area contributed by atoms with Crippen LogP contribution in [0.2, 0.25) is 0 Å². The van der Waals surface area contributed by atoms with E-state index in [9.17, 15) is 43.2 Å². The van der Waals surface area contributed by atoms with Crippen LogP contribution in [0.4, 0.5) is 0 Å². The molecule has 0 aromatic carbocycles. The first-order valence-electron chi connectivity index (χ1n) is 39.9. The average Bonchev–Trinajstić information content (AvgIpc) is 1.47. The zero-order valence-corrected chi connectivity index (χ0v) is 64.6. The molecule has 0 amide bonds. The van der Waals surface area contributed by atoms with Crippen LogP contribution in [0.5, 0.6) is 0 Å². The molecule has 0 aliphatic rings. The molecule has 96 heavy (non-hydrogen) atoms. The summed E-state index contributed by atoms with van der Waals surface area (Å²) >= 11 is 0. The summed E-state index contributed by atoms with van der Waals surface area (Å²) in [4.78, 5) is 72.7. The van der Waals surface area contributed by atoms with Crippen LogP contribution in [0.15, 0.2) is 0 Å². The molecule has 3 N–H and O–H groups in total. The number of phosphoric acid groups is 2.